The van der Waals surface area contributed by atoms with Crippen molar-refractivity contribution in [1.29, 1.82) is 0 Å². The van der Waals surface area contributed by atoms with E-state index in [1.807, 2.05) is 34.8 Å². The van der Waals surface area contributed by atoms with E-state index in [2.05, 4.69) is 24.0 Å². The van der Waals surface area contributed by atoms with Gasteiger partial charge in [0.25, 0.3) is 0 Å². The number of rotatable bonds is 3. The van der Waals surface area contributed by atoms with Crippen molar-refractivity contribution in [2.24, 2.45) is 0 Å². The normalized spacial score (nSPS) is 14.7. The summed E-state index contributed by atoms with van der Waals surface area (Å²) in [6.45, 7) is 5.78. The average molecular weight is 399 g/mol. The van der Waals surface area contributed by atoms with E-state index in [-0.39, 0.29) is 24.4 Å². The predicted molar refractivity (Wildman–Crippen MR) is 115 cm³/mol. The van der Waals surface area contributed by atoms with Gasteiger partial charge in [0.1, 0.15) is 5.52 Å². The fraction of sp³-hybridized carbons (Fsp3) is 0.409. The SMILES string of the molecule is CC(=O)N(C1CCCCC1)n1c(-c2ccccc2C)nc2c(C)ccnc21.Cl. The summed E-state index contributed by atoms with van der Waals surface area (Å²) in [7, 11) is 0. The lowest BCUT2D eigenvalue weighted by molar-refractivity contribution is -0.118. The molecule has 1 aromatic carbocycles. The van der Waals surface area contributed by atoms with Crippen molar-refractivity contribution in [2.45, 2.75) is 58.9 Å². The third kappa shape index (κ3) is 3.51. The van der Waals surface area contributed by atoms with Crippen molar-refractivity contribution in [2.75, 3.05) is 5.01 Å². The van der Waals surface area contributed by atoms with Gasteiger partial charge in [-0.3, -0.25) is 4.79 Å². The van der Waals surface area contributed by atoms with Crippen LogP contribution in [0.5, 0.6) is 0 Å². The molecule has 28 heavy (non-hydrogen) atoms. The van der Waals surface area contributed by atoms with Crippen LogP contribution in [-0.2, 0) is 4.79 Å². The Hall–Kier alpha value is -2.40. The number of amides is 1. The maximum atomic E-state index is 12.8. The first-order valence-corrected chi connectivity index (χ1v) is 9.78. The van der Waals surface area contributed by atoms with Crippen molar-refractivity contribution < 1.29 is 4.79 Å². The summed E-state index contributed by atoms with van der Waals surface area (Å²) in [5.74, 6) is 0.838. The summed E-state index contributed by atoms with van der Waals surface area (Å²) in [6, 6.07) is 10.4. The molecular weight excluding hydrogens is 372 g/mol. The number of imidazole rings is 1. The zero-order chi connectivity index (χ0) is 19.0. The third-order valence-electron chi connectivity index (χ3n) is 5.57. The molecule has 3 aromatic rings. The lowest BCUT2D eigenvalue weighted by Crippen LogP contribution is -2.48. The Morgan fingerprint density at radius 1 is 1.07 bits per heavy atom. The first-order valence-electron chi connectivity index (χ1n) is 9.78. The van der Waals surface area contributed by atoms with E-state index < -0.39 is 0 Å². The van der Waals surface area contributed by atoms with Gasteiger partial charge >= 0.3 is 0 Å². The van der Waals surface area contributed by atoms with Crippen LogP contribution in [0.4, 0.5) is 0 Å². The first-order chi connectivity index (χ1) is 13.1. The van der Waals surface area contributed by atoms with Gasteiger partial charge in [-0.15, -0.1) is 12.4 Å². The van der Waals surface area contributed by atoms with Gasteiger partial charge in [0.2, 0.25) is 5.91 Å². The van der Waals surface area contributed by atoms with Gasteiger partial charge in [-0.05, 0) is 43.9 Å². The number of aryl methyl sites for hydroxylation is 2. The number of benzene rings is 1. The first kappa shape index (κ1) is 20.3. The minimum absolute atomic E-state index is 0. The summed E-state index contributed by atoms with van der Waals surface area (Å²) in [4.78, 5) is 22.4. The highest BCUT2D eigenvalue weighted by atomic mass is 35.5. The van der Waals surface area contributed by atoms with Crippen molar-refractivity contribution in [3.05, 3.63) is 47.7 Å². The van der Waals surface area contributed by atoms with Crippen LogP contribution in [0.25, 0.3) is 22.6 Å². The fourth-order valence-electron chi connectivity index (χ4n) is 4.17. The topological polar surface area (TPSA) is 51.0 Å². The van der Waals surface area contributed by atoms with Gasteiger partial charge in [0, 0.05) is 18.7 Å². The fourth-order valence-corrected chi connectivity index (χ4v) is 4.17. The molecule has 5 nitrogen and oxygen atoms in total. The van der Waals surface area contributed by atoms with Crippen LogP contribution in [0, 0.1) is 13.8 Å². The van der Waals surface area contributed by atoms with Crippen LogP contribution in [0.15, 0.2) is 36.5 Å². The largest absolute Gasteiger partial charge is 0.273 e. The van der Waals surface area contributed by atoms with E-state index in [4.69, 9.17) is 4.98 Å². The maximum absolute atomic E-state index is 12.8. The molecule has 0 atom stereocenters. The van der Waals surface area contributed by atoms with Crippen LogP contribution in [-0.4, -0.2) is 26.6 Å². The molecule has 1 aliphatic carbocycles. The Labute approximate surface area is 172 Å². The number of pyridine rings is 1. The number of hydrogen-bond donors (Lipinski definition) is 0. The molecule has 1 fully saturated rings. The summed E-state index contributed by atoms with van der Waals surface area (Å²) < 4.78 is 1.98. The summed E-state index contributed by atoms with van der Waals surface area (Å²) in [5.41, 5.74) is 4.86. The van der Waals surface area contributed by atoms with Gasteiger partial charge in [0.15, 0.2) is 11.5 Å². The highest BCUT2D eigenvalue weighted by Gasteiger charge is 2.30. The second kappa shape index (κ2) is 8.31. The van der Waals surface area contributed by atoms with Crippen molar-refractivity contribution in [3.63, 3.8) is 0 Å². The van der Waals surface area contributed by atoms with E-state index in [1.54, 1.807) is 13.1 Å². The van der Waals surface area contributed by atoms with E-state index in [0.29, 0.717) is 0 Å². The number of hydrogen-bond acceptors (Lipinski definition) is 3. The number of carbonyl (C=O) groups excluding carboxylic acids is 1. The second-order valence-corrected chi connectivity index (χ2v) is 7.52. The van der Waals surface area contributed by atoms with E-state index in [0.717, 1.165) is 59.4 Å². The predicted octanol–water partition coefficient (Wildman–Crippen LogP) is 4.95. The molecule has 1 amide bonds. The Balaban J connectivity index is 0.00000225. The number of aromatic nitrogens is 3. The average Bonchev–Trinajstić information content (AvgIpc) is 3.03. The Kier molecular flexibility index (Phi) is 6.04. The van der Waals surface area contributed by atoms with Crippen molar-refractivity contribution in [3.8, 4) is 11.4 Å². The lowest BCUT2D eigenvalue weighted by Gasteiger charge is -2.35. The summed E-state index contributed by atoms with van der Waals surface area (Å²) in [6.07, 6.45) is 7.42. The zero-order valence-electron chi connectivity index (χ0n) is 16.7. The van der Waals surface area contributed by atoms with Gasteiger partial charge in [-0.1, -0.05) is 43.5 Å². The molecule has 0 aliphatic heterocycles. The van der Waals surface area contributed by atoms with Crippen molar-refractivity contribution in [1.82, 2.24) is 14.6 Å². The molecule has 0 radical (unpaired) electrons. The molecular formula is C22H27ClN4O. The van der Waals surface area contributed by atoms with Gasteiger partial charge in [0.05, 0.1) is 6.04 Å². The quantitative estimate of drug-likeness (QED) is 0.626. The van der Waals surface area contributed by atoms with E-state index >= 15 is 0 Å². The Bertz CT molecular complexity index is 991. The number of halogens is 1. The molecule has 148 valence electrons. The maximum Gasteiger partial charge on any atom is 0.238 e. The van der Waals surface area contributed by atoms with E-state index in [9.17, 15) is 4.79 Å². The van der Waals surface area contributed by atoms with Crippen LogP contribution >= 0.6 is 12.4 Å². The number of carbonyl (C=O) groups is 1. The summed E-state index contributed by atoms with van der Waals surface area (Å²) in [5, 5.41) is 1.91. The molecule has 0 unspecified atom stereocenters. The molecule has 4 rings (SSSR count). The molecule has 0 saturated heterocycles. The number of fused-ring (bicyclic) bond motifs is 1. The molecule has 6 heteroatoms. The van der Waals surface area contributed by atoms with Crippen LogP contribution in [0.1, 0.15) is 50.2 Å². The second-order valence-electron chi connectivity index (χ2n) is 7.52. The smallest absolute Gasteiger partial charge is 0.238 e. The molecule has 2 aromatic heterocycles. The summed E-state index contributed by atoms with van der Waals surface area (Å²) >= 11 is 0. The molecule has 2 heterocycles. The zero-order valence-corrected chi connectivity index (χ0v) is 17.5. The molecule has 1 saturated carbocycles. The lowest BCUT2D eigenvalue weighted by atomic mass is 9.95. The van der Waals surface area contributed by atoms with E-state index in [1.165, 1.54) is 6.42 Å². The standard InChI is InChI=1S/C22H26N4O.ClH/c1-15-9-7-8-12-19(15)21-24-20-16(2)13-14-23-22(20)26(21)25(17(3)27)18-10-5-4-6-11-18;/h7-9,12-14,18H,4-6,10-11H2,1-3H3;1H. The minimum Gasteiger partial charge on any atom is -0.273 e. The molecule has 0 N–H and O–H groups in total. The molecule has 0 bridgehead atoms. The van der Waals surface area contributed by atoms with Crippen LogP contribution < -0.4 is 5.01 Å². The minimum atomic E-state index is 0. The Morgan fingerprint density at radius 2 is 1.79 bits per heavy atom. The highest BCUT2D eigenvalue weighted by molar-refractivity contribution is 5.89. The number of nitrogens with zero attached hydrogens (tertiary/aromatic N) is 4. The molecule has 1 aliphatic rings. The highest BCUT2D eigenvalue weighted by Crippen LogP contribution is 2.31. The van der Waals surface area contributed by atoms with Gasteiger partial charge in [-0.25, -0.2) is 19.7 Å². The van der Waals surface area contributed by atoms with Gasteiger partial charge in [-0.2, -0.15) is 0 Å². The monoisotopic (exact) mass is 398 g/mol. The van der Waals surface area contributed by atoms with Crippen LogP contribution in [0.3, 0.4) is 0 Å². The molecule has 0 spiro atoms. The van der Waals surface area contributed by atoms with Crippen LogP contribution in [0.2, 0.25) is 0 Å². The van der Waals surface area contributed by atoms with Crippen molar-refractivity contribution >= 4 is 29.5 Å². The van der Waals surface area contributed by atoms with Gasteiger partial charge < -0.3 is 0 Å². The third-order valence-corrected chi connectivity index (χ3v) is 5.57. The Morgan fingerprint density at radius 3 is 2.46 bits per heavy atom.